The number of hydrogen-bond acceptors (Lipinski definition) is 2. The maximum absolute atomic E-state index is 13.3. The van der Waals surface area contributed by atoms with Crippen molar-refractivity contribution in [1.29, 1.82) is 0 Å². The Labute approximate surface area is 151 Å². The van der Waals surface area contributed by atoms with Gasteiger partial charge in [-0.3, -0.25) is 4.79 Å². The van der Waals surface area contributed by atoms with Gasteiger partial charge in [-0.05, 0) is 47.4 Å². The van der Waals surface area contributed by atoms with Gasteiger partial charge < -0.3 is 9.84 Å². The molecule has 1 N–H and O–H groups in total. The molecule has 2 rings (SSSR count). The van der Waals surface area contributed by atoms with Crippen molar-refractivity contribution >= 4 is 11.5 Å². The molecule has 1 aliphatic carbocycles. The third-order valence-electron chi connectivity index (χ3n) is 3.80. The largest absolute Gasteiger partial charge is 0.481 e. The van der Waals surface area contributed by atoms with Gasteiger partial charge in [0.2, 0.25) is 0 Å². The Morgan fingerprint density at radius 3 is 2.88 bits per heavy atom. The topological polar surface area (TPSA) is 46.5 Å². The smallest absolute Gasteiger partial charge is 0.303 e. The summed E-state index contributed by atoms with van der Waals surface area (Å²) < 4.78 is 32.3. The van der Waals surface area contributed by atoms with Gasteiger partial charge in [-0.15, -0.1) is 0 Å². The van der Waals surface area contributed by atoms with Crippen LogP contribution in [0.1, 0.15) is 18.4 Å². The zero-order chi connectivity index (χ0) is 18.9. The molecule has 0 aromatic heterocycles. The van der Waals surface area contributed by atoms with Crippen molar-refractivity contribution < 1.29 is 23.4 Å². The molecule has 0 heterocycles. The summed E-state index contributed by atoms with van der Waals surface area (Å²) in [5, 5.41) is 8.90. The van der Waals surface area contributed by atoms with Crippen LogP contribution in [0.5, 0.6) is 5.75 Å². The van der Waals surface area contributed by atoms with Gasteiger partial charge in [-0.1, -0.05) is 36.9 Å². The molecule has 1 aromatic carbocycles. The second-order valence-corrected chi connectivity index (χ2v) is 5.79. The Kier molecular flexibility index (Phi) is 7.09. The lowest BCUT2D eigenvalue weighted by Crippen LogP contribution is -2.11. The molecular formula is C21H20F2O3. The highest BCUT2D eigenvalue weighted by atomic mass is 19.1. The number of allylic oxidation sites excluding steroid dienone is 9. The van der Waals surface area contributed by atoms with Gasteiger partial charge in [0, 0.05) is 6.42 Å². The Balaban J connectivity index is 2.14. The molecule has 136 valence electrons. The second-order valence-electron chi connectivity index (χ2n) is 5.79. The van der Waals surface area contributed by atoms with E-state index >= 15 is 0 Å². The molecule has 5 heteroatoms. The summed E-state index contributed by atoms with van der Waals surface area (Å²) in [5.74, 6) is -0.388. The summed E-state index contributed by atoms with van der Waals surface area (Å²) in [4.78, 5) is 10.8. The average molecular weight is 358 g/mol. The van der Waals surface area contributed by atoms with Crippen LogP contribution in [0.3, 0.4) is 0 Å². The first kappa shape index (κ1) is 19.4. The van der Waals surface area contributed by atoms with Gasteiger partial charge in [0.05, 0.1) is 6.42 Å². The van der Waals surface area contributed by atoms with Gasteiger partial charge in [-0.25, -0.2) is 8.78 Å². The molecule has 0 amide bonds. The highest BCUT2D eigenvalue weighted by Crippen LogP contribution is 2.27. The monoisotopic (exact) mass is 358 g/mol. The fourth-order valence-electron chi connectivity index (χ4n) is 2.53. The van der Waals surface area contributed by atoms with E-state index in [1.54, 1.807) is 36.4 Å². The Hall–Kier alpha value is -2.95. The molecule has 0 fully saturated rings. The van der Waals surface area contributed by atoms with Crippen molar-refractivity contribution in [1.82, 2.24) is 0 Å². The lowest BCUT2D eigenvalue weighted by atomic mass is 9.96. The summed E-state index contributed by atoms with van der Waals surface area (Å²) in [6, 6.07) is 6.82. The van der Waals surface area contributed by atoms with Crippen molar-refractivity contribution in [2.75, 3.05) is 6.67 Å². The van der Waals surface area contributed by atoms with Crippen molar-refractivity contribution in [3.8, 4) is 5.75 Å². The number of halogens is 2. The number of carboxylic acid groups (broad SMARTS) is 1. The molecule has 0 bridgehead atoms. The van der Waals surface area contributed by atoms with E-state index in [2.05, 4.69) is 6.58 Å². The van der Waals surface area contributed by atoms with Crippen LogP contribution in [0.15, 0.2) is 78.9 Å². The number of hydrogen-bond donors (Lipinski definition) is 1. The van der Waals surface area contributed by atoms with Crippen LogP contribution >= 0.6 is 0 Å². The standard InChI is InChI=1S/C21H20F2O3/c1-2-18(23)10-9-17(14-22)16-6-4-8-20(13-16)26-19-7-3-5-15(11-19)12-21(24)25/h2-10,13,15H,1,11-12,14H2,(H,24,25)/b17-9+,18-10+. The first-order chi connectivity index (χ1) is 12.5. The van der Waals surface area contributed by atoms with E-state index in [0.717, 1.165) is 12.2 Å². The number of carbonyl (C=O) groups is 1. The van der Waals surface area contributed by atoms with Crippen molar-refractivity contribution in [2.24, 2.45) is 5.92 Å². The van der Waals surface area contributed by atoms with E-state index in [9.17, 15) is 13.6 Å². The first-order valence-corrected chi connectivity index (χ1v) is 8.14. The molecule has 1 unspecified atom stereocenters. The lowest BCUT2D eigenvalue weighted by molar-refractivity contribution is -0.137. The predicted octanol–water partition coefficient (Wildman–Crippen LogP) is 5.39. The van der Waals surface area contributed by atoms with E-state index in [1.807, 2.05) is 6.08 Å². The average Bonchev–Trinajstić information content (AvgIpc) is 2.62. The number of ether oxygens (including phenoxy) is 1. The van der Waals surface area contributed by atoms with Crippen LogP contribution in [0.4, 0.5) is 8.78 Å². The predicted molar refractivity (Wildman–Crippen MR) is 98.0 cm³/mol. The molecule has 26 heavy (non-hydrogen) atoms. The zero-order valence-electron chi connectivity index (χ0n) is 14.2. The van der Waals surface area contributed by atoms with Crippen LogP contribution < -0.4 is 4.74 Å². The van der Waals surface area contributed by atoms with Gasteiger partial charge >= 0.3 is 5.97 Å². The number of rotatable bonds is 8. The summed E-state index contributed by atoms with van der Waals surface area (Å²) in [6.45, 7) is 2.55. The summed E-state index contributed by atoms with van der Waals surface area (Å²) in [5.41, 5.74) is 0.890. The van der Waals surface area contributed by atoms with Gasteiger partial charge in [0.25, 0.3) is 0 Å². The highest BCUT2D eigenvalue weighted by molar-refractivity contribution is 5.69. The summed E-state index contributed by atoms with van der Waals surface area (Å²) in [7, 11) is 0. The highest BCUT2D eigenvalue weighted by Gasteiger charge is 2.16. The number of alkyl halides is 1. The molecule has 0 aliphatic heterocycles. The fraction of sp³-hybridized carbons (Fsp3) is 0.190. The van der Waals surface area contributed by atoms with Gasteiger partial charge in [0.15, 0.2) is 0 Å². The van der Waals surface area contributed by atoms with Crippen LogP contribution in [-0.4, -0.2) is 17.8 Å². The normalized spacial score (nSPS) is 17.6. The van der Waals surface area contributed by atoms with Crippen LogP contribution in [0.25, 0.3) is 5.57 Å². The second kappa shape index (κ2) is 9.51. The van der Waals surface area contributed by atoms with Crippen molar-refractivity contribution in [3.05, 3.63) is 84.5 Å². The molecule has 0 radical (unpaired) electrons. The minimum atomic E-state index is -0.861. The Bertz CT molecular complexity index is 788. The molecule has 0 saturated heterocycles. The number of aliphatic carboxylic acids is 1. The van der Waals surface area contributed by atoms with Crippen molar-refractivity contribution in [3.63, 3.8) is 0 Å². The van der Waals surface area contributed by atoms with E-state index in [4.69, 9.17) is 9.84 Å². The summed E-state index contributed by atoms with van der Waals surface area (Å²) in [6.07, 6.45) is 9.46. The maximum atomic E-state index is 13.3. The Morgan fingerprint density at radius 1 is 1.38 bits per heavy atom. The molecule has 1 aromatic rings. The SMILES string of the molecule is C=C/C(F)=C\C=C(/CF)c1cccc(OC2=CC=CC(CC(=O)O)C2)c1. The fourth-order valence-corrected chi connectivity index (χ4v) is 2.53. The summed E-state index contributed by atoms with van der Waals surface area (Å²) >= 11 is 0. The minimum absolute atomic E-state index is 0.0349. The molecule has 1 atom stereocenters. The molecule has 1 aliphatic rings. The minimum Gasteiger partial charge on any atom is -0.481 e. The number of carboxylic acids is 1. The van der Waals surface area contributed by atoms with E-state index in [1.165, 1.54) is 6.08 Å². The first-order valence-electron chi connectivity index (χ1n) is 8.14. The molecule has 3 nitrogen and oxygen atoms in total. The lowest BCUT2D eigenvalue weighted by Gasteiger charge is -2.18. The van der Waals surface area contributed by atoms with E-state index in [-0.39, 0.29) is 12.3 Å². The third-order valence-corrected chi connectivity index (χ3v) is 3.80. The molecule has 0 saturated carbocycles. The Morgan fingerprint density at radius 2 is 2.19 bits per heavy atom. The van der Waals surface area contributed by atoms with Crippen LogP contribution in [0, 0.1) is 5.92 Å². The molecule has 0 spiro atoms. The number of benzene rings is 1. The third kappa shape index (κ3) is 5.84. The van der Waals surface area contributed by atoms with Gasteiger partial charge in [-0.2, -0.15) is 0 Å². The molecular weight excluding hydrogens is 338 g/mol. The van der Waals surface area contributed by atoms with E-state index in [0.29, 0.717) is 29.1 Å². The van der Waals surface area contributed by atoms with Crippen LogP contribution in [0.2, 0.25) is 0 Å². The zero-order valence-corrected chi connectivity index (χ0v) is 14.2. The van der Waals surface area contributed by atoms with Crippen LogP contribution in [-0.2, 0) is 4.79 Å². The van der Waals surface area contributed by atoms with E-state index < -0.39 is 18.5 Å². The van der Waals surface area contributed by atoms with Gasteiger partial charge in [0.1, 0.15) is 24.0 Å². The maximum Gasteiger partial charge on any atom is 0.303 e. The van der Waals surface area contributed by atoms with Crippen molar-refractivity contribution in [2.45, 2.75) is 12.8 Å². The quantitative estimate of drug-likeness (QED) is 0.634.